The van der Waals surface area contributed by atoms with Crippen molar-refractivity contribution < 1.29 is 4.79 Å². The van der Waals surface area contributed by atoms with Crippen LogP contribution in [0.15, 0.2) is 78.9 Å². The molecule has 1 aliphatic heterocycles. The second kappa shape index (κ2) is 10.4. The van der Waals surface area contributed by atoms with E-state index in [0.717, 1.165) is 35.9 Å². The van der Waals surface area contributed by atoms with Crippen LogP contribution in [0.2, 0.25) is 0 Å². The molecule has 1 unspecified atom stereocenters. The van der Waals surface area contributed by atoms with Crippen molar-refractivity contribution in [1.82, 2.24) is 4.90 Å². The number of carbonyl (C=O) groups excluding carboxylic acids is 1. The first-order valence-electron chi connectivity index (χ1n) is 12.5. The van der Waals surface area contributed by atoms with Crippen LogP contribution < -0.4 is 5.32 Å². The summed E-state index contributed by atoms with van der Waals surface area (Å²) in [5, 5.41) is 3.00. The van der Waals surface area contributed by atoms with Gasteiger partial charge in [-0.3, -0.25) is 4.79 Å². The third kappa shape index (κ3) is 5.54. The van der Waals surface area contributed by atoms with E-state index in [4.69, 9.17) is 0 Å². The van der Waals surface area contributed by atoms with Gasteiger partial charge in [0.1, 0.15) is 0 Å². The topological polar surface area (TPSA) is 32.3 Å². The Morgan fingerprint density at radius 1 is 0.848 bits per heavy atom. The van der Waals surface area contributed by atoms with Gasteiger partial charge in [0.15, 0.2) is 0 Å². The number of hydrogen-bond acceptors (Lipinski definition) is 2. The second-order valence-electron chi connectivity index (χ2n) is 9.73. The molecule has 33 heavy (non-hydrogen) atoms. The summed E-state index contributed by atoms with van der Waals surface area (Å²) in [4.78, 5) is 15.3. The fourth-order valence-corrected chi connectivity index (χ4v) is 5.52. The smallest absolute Gasteiger partial charge is 0.255 e. The number of para-hydroxylation sites is 1. The molecule has 3 nitrogen and oxygen atoms in total. The maximum absolute atomic E-state index is 12.6. The van der Waals surface area contributed by atoms with Crippen molar-refractivity contribution in [3.8, 4) is 0 Å². The van der Waals surface area contributed by atoms with E-state index in [1.807, 2.05) is 36.4 Å². The van der Waals surface area contributed by atoms with Crippen LogP contribution in [0.3, 0.4) is 0 Å². The number of amides is 1. The van der Waals surface area contributed by atoms with Gasteiger partial charge in [-0.1, -0.05) is 54.6 Å². The molecule has 5 rings (SSSR count). The number of aryl methyl sites for hydroxylation is 1. The zero-order valence-electron chi connectivity index (χ0n) is 19.4. The number of nitrogens with one attached hydrogen (secondary N) is 1. The van der Waals surface area contributed by atoms with Crippen LogP contribution in [0.25, 0.3) is 0 Å². The monoisotopic (exact) mass is 438 g/mol. The Morgan fingerprint density at radius 3 is 2.33 bits per heavy atom. The number of piperidine rings is 1. The average molecular weight is 439 g/mol. The van der Waals surface area contributed by atoms with E-state index in [9.17, 15) is 4.79 Å². The van der Waals surface area contributed by atoms with Crippen molar-refractivity contribution in [3.05, 3.63) is 101 Å². The lowest BCUT2D eigenvalue weighted by atomic mass is 9.81. The summed E-state index contributed by atoms with van der Waals surface area (Å²) in [7, 11) is 0. The van der Waals surface area contributed by atoms with E-state index in [1.54, 1.807) is 0 Å². The molecule has 1 amide bonds. The van der Waals surface area contributed by atoms with E-state index in [2.05, 4.69) is 52.7 Å². The number of nitrogens with zero attached hydrogens (tertiary/aromatic N) is 1. The predicted octanol–water partition coefficient (Wildman–Crippen LogP) is 6.31. The van der Waals surface area contributed by atoms with E-state index in [0.29, 0.717) is 0 Å². The maximum Gasteiger partial charge on any atom is 0.255 e. The highest BCUT2D eigenvalue weighted by molar-refractivity contribution is 6.04. The van der Waals surface area contributed by atoms with Gasteiger partial charge in [-0.2, -0.15) is 0 Å². The molecule has 3 aromatic rings. The number of rotatable bonds is 6. The Balaban J connectivity index is 1.10. The van der Waals surface area contributed by atoms with Gasteiger partial charge < -0.3 is 10.2 Å². The SMILES string of the molecule is O=C(Nc1ccccc1)c1ccc2c(c1)CCC(CCN1CCC(c3ccccc3)CC1)C2. The minimum atomic E-state index is -0.0231. The molecule has 1 atom stereocenters. The lowest BCUT2D eigenvalue weighted by Gasteiger charge is -2.34. The van der Waals surface area contributed by atoms with Crippen molar-refractivity contribution in [3.63, 3.8) is 0 Å². The molecule has 0 saturated carbocycles. The summed E-state index contributed by atoms with van der Waals surface area (Å²) in [5.41, 5.74) is 5.91. The fraction of sp³-hybridized carbons (Fsp3) is 0.367. The normalized spacial score (nSPS) is 19.1. The highest BCUT2D eigenvalue weighted by Crippen LogP contribution is 2.31. The van der Waals surface area contributed by atoms with E-state index in [-0.39, 0.29) is 5.91 Å². The molecule has 0 aromatic heterocycles. The number of likely N-dealkylation sites (tertiary alicyclic amines) is 1. The Labute approximate surface area is 197 Å². The first kappa shape index (κ1) is 21.9. The second-order valence-corrected chi connectivity index (χ2v) is 9.73. The van der Waals surface area contributed by atoms with Crippen molar-refractivity contribution in [1.29, 1.82) is 0 Å². The average Bonchev–Trinajstić information content (AvgIpc) is 2.88. The summed E-state index contributed by atoms with van der Waals surface area (Å²) in [6, 6.07) is 27.0. The van der Waals surface area contributed by atoms with Crippen LogP contribution in [0.4, 0.5) is 5.69 Å². The van der Waals surface area contributed by atoms with Crippen molar-refractivity contribution in [2.75, 3.05) is 25.0 Å². The van der Waals surface area contributed by atoms with Crippen LogP contribution in [-0.4, -0.2) is 30.4 Å². The van der Waals surface area contributed by atoms with E-state index >= 15 is 0 Å². The highest BCUT2D eigenvalue weighted by Gasteiger charge is 2.23. The molecule has 1 aliphatic carbocycles. The van der Waals surface area contributed by atoms with Gasteiger partial charge in [0, 0.05) is 11.3 Å². The lowest BCUT2D eigenvalue weighted by Crippen LogP contribution is -2.35. The van der Waals surface area contributed by atoms with Gasteiger partial charge in [0.05, 0.1) is 0 Å². The van der Waals surface area contributed by atoms with E-state index in [1.165, 1.54) is 62.0 Å². The molecule has 1 N–H and O–H groups in total. The first-order valence-corrected chi connectivity index (χ1v) is 12.5. The quantitative estimate of drug-likeness (QED) is 0.489. The van der Waals surface area contributed by atoms with Crippen molar-refractivity contribution >= 4 is 11.6 Å². The lowest BCUT2D eigenvalue weighted by molar-refractivity contribution is 0.102. The summed E-state index contributed by atoms with van der Waals surface area (Å²) in [6.45, 7) is 3.67. The number of hydrogen-bond donors (Lipinski definition) is 1. The molecular formula is C30H34N2O. The highest BCUT2D eigenvalue weighted by atomic mass is 16.1. The fourth-order valence-electron chi connectivity index (χ4n) is 5.52. The van der Waals surface area contributed by atoms with Gasteiger partial charge in [-0.05, 0) is 111 Å². The third-order valence-corrected chi connectivity index (χ3v) is 7.54. The summed E-state index contributed by atoms with van der Waals surface area (Å²) in [6.07, 6.45) is 7.32. The minimum Gasteiger partial charge on any atom is -0.322 e. The van der Waals surface area contributed by atoms with Gasteiger partial charge >= 0.3 is 0 Å². The van der Waals surface area contributed by atoms with Gasteiger partial charge in [0.2, 0.25) is 0 Å². The summed E-state index contributed by atoms with van der Waals surface area (Å²) < 4.78 is 0. The van der Waals surface area contributed by atoms with Crippen molar-refractivity contribution in [2.45, 2.75) is 44.4 Å². The molecule has 0 bridgehead atoms. The molecule has 1 saturated heterocycles. The van der Waals surface area contributed by atoms with Crippen LogP contribution in [0, 0.1) is 5.92 Å². The predicted molar refractivity (Wildman–Crippen MR) is 136 cm³/mol. The summed E-state index contributed by atoms with van der Waals surface area (Å²) in [5.74, 6) is 1.47. The standard InChI is InChI=1S/C30H34N2O/c33-30(31-29-9-5-2-6-10-29)28-14-13-26-21-23(11-12-27(26)22-28)15-18-32-19-16-25(17-20-32)24-7-3-1-4-8-24/h1-10,13-14,22-23,25H,11-12,15-21H2,(H,31,33). The van der Waals surface area contributed by atoms with Gasteiger partial charge in [-0.15, -0.1) is 0 Å². The van der Waals surface area contributed by atoms with Gasteiger partial charge in [-0.25, -0.2) is 0 Å². The minimum absolute atomic E-state index is 0.0231. The Hall–Kier alpha value is -2.91. The zero-order chi connectivity index (χ0) is 22.5. The number of benzene rings is 3. The number of carbonyl (C=O) groups is 1. The molecule has 0 spiro atoms. The Bertz CT molecular complexity index is 1060. The number of anilines is 1. The zero-order valence-corrected chi connectivity index (χ0v) is 19.4. The summed E-state index contributed by atoms with van der Waals surface area (Å²) >= 11 is 0. The molecule has 170 valence electrons. The molecule has 2 aliphatic rings. The van der Waals surface area contributed by atoms with Crippen LogP contribution in [-0.2, 0) is 12.8 Å². The largest absolute Gasteiger partial charge is 0.322 e. The molecule has 1 fully saturated rings. The van der Waals surface area contributed by atoms with Crippen LogP contribution in [0.5, 0.6) is 0 Å². The Morgan fingerprint density at radius 2 is 1.58 bits per heavy atom. The Kier molecular flexibility index (Phi) is 6.87. The molecule has 0 radical (unpaired) electrons. The van der Waals surface area contributed by atoms with Crippen LogP contribution >= 0.6 is 0 Å². The van der Waals surface area contributed by atoms with Gasteiger partial charge in [0.25, 0.3) is 5.91 Å². The van der Waals surface area contributed by atoms with E-state index < -0.39 is 0 Å². The molecule has 1 heterocycles. The maximum atomic E-state index is 12.6. The molecule has 3 aromatic carbocycles. The number of fused-ring (bicyclic) bond motifs is 1. The van der Waals surface area contributed by atoms with Crippen molar-refractivity contribution in [2.24, 2.45) is 5.92 Å². The molecule has 3 heteroatoms. The van der Waals surface area contributed by atoms with Crippen LogP contribution in [0.1, 0.15) is 58.6 Å². The first-order chi connectivity index (χ1) is 16.2. The molecular weight excluding hydrogens is 404 g/mol. The third-order valence-electron chi connectivity index (χ3n) is 7.54.